The number of nitrogens with zero attached hydrogens (tertiary/aromatic N) is 1. The van der Waals surface area contributed by atoms with E-state index in [1.54, 1.807) is 12.1 Å². The monoisotopic (exact) mass is 656 g/mol. The van der Waals surface area contributed by atoms with E-state index in [1.807, 2.05) is 42.5 Å². The highest BCUT2D eigenvalue weighted by Gasteiger charge is 2.14. The van der Waals surface area contributed by atoms with Crippen LogP contribution in [-0.2, 0) is 19.5 Å². The third-order valence-electron chi connectivity index (χ3n) is 8.29. The molecule has 250 valence electrons. The third kappa shape index (κ3) is 8.06. The Balaban J connectivity index is 0.00000260. The van der Waals surface area contributed by atoms with E-state index >= 15 is 0 Å². The number of aromatic nitrogens is 2. The average Bonchev–Trinajstić information content (AvgIpc) is 3.46. The number of hydrogen-bond acceptors (Lipinski definition) is 5. The van der Waals surface area contributed by atoms with Crippen LogP contribution in [0, 0.1) is 0 Å². The quantitative estimate of drug-likeness (QED) is 0.0778. The number of aliphatic hydroxyl groups excluding tert-OH is 1. The van der Waals surface area contributed by atoms with Gasteiger partial charge in [0.1, 0.15) is 5.75 Å². The molecule has 48 heavy (non-hydrogen) atoms. The summed E-state index contributed by atoms with van der Waals surface area (Å²) in [5.74, 6) is -0.0326. The van der Waals surface area contributed by atoms with Gasteiger partial charge in [0.25, 0.3) is 0 Å². The molecular weight excluding hydrogens is 618 g/mol. The topological polar surface area (TPSA) is 140 Å². The Morgan fingerprint density at radius 1 is 0.875 bits per heavy atom. The fourth-order valence-corrected chi connectivity index (χ4v) is 6.01. The van der Waals surface area contributed by atoms with Crippen molar-refractivity contribution >= 4 is 33.6 Å². The van der Waals surface area contributed by atoms with Crippen molar-refractivity contribution in [3.63, 3.8) is 0 Å². The molecule has 0 aliphatic carbocycles. The second kappa shape index (κ2) is 15.9. The lowest BCUT2D eigenvalue weighted by Crippen LogP contribution is -2.21. The van der Waals surface area contributed by atoms with Crippen molar-refractivity contribution in [2.75, 3.05) is 11.9 Å². The van der Waals surface area contributed by atoms with Gasteiger partial charge in [0, 0.05) is 48.4 Å². The Morgan fingerprint density at radius 2 is 1.67 bits per heavy atom. The zero-order valence-corrected chi connectivity index (χ0v) is 26.1. The minimum Gasteiger partial charge on any atom is -0.506 e. The smallest absolute Gasteiger partial charge is 0.409 e. The highest BCUT2D eigenvalue weighted by molar-refractivity contribution is 5.91. The number of hydrogen-bond donors (Lipinski definition) is 6. The summed E-state index contributed by atoms with van der Waals surface area (Å²) >= 11 is 0. The number of aromatic amines is 1. The highest BCUT2D eigenvalue weighted by Crippen LogP contribution is 2.30. The summed E-state index contributed by atoms with van der Waals surface area (Å²) < 4.78 is 2.26. The molecule has 0 unspecified atom stereocenters. The van der Waals surface area contributed by atoms with E-state index in [1.165, 1.54) is 12.1 Å². The van der Waals surface area contributed by atoms with Crippen LogP contribution in [0.4, 0.5) is 19.9 Å². The van der Waals surface area contributed by atoms with E-state index < -0.39 is 12.2 Å². The molecule has 0 aliphatic rings. The Hall–Kier alpha value is -5.52. The number of halogens is 2. The van der Waals surface area contributed by atoms with Gasteiger partial charge in [-0.1, -0.05) is 54.6 Å². The second-order valence-corrected chi connectivity index (χ2v) is 11.5. The Kier molecular flexibility index (Phi) is 11.7. The minimum absolute atomic E-state index is 0. The van der Waals surface area contributed by atoms with Gasteiger partial charge in [-0.3, -0.25) is 19.5 Å². The van der Waals surface area contributed by atoms with Crippen LogP contribution in [0.3, 0.4) is 0 Å². The number of H-pyrrole nitrogens is 1. The summed E-state index contributed by atoms with van der Waals surface area (Å²) in [7, 11) is 0. The van der Waals surface area contributed by atoms with Crippen LogP contribution in [0.15, 0.2) is 108 Å². The van der Waals surface area contributed by atoms with Crippen LogP contribution >= 0.6 is 0 Å². The van der Waals surface area contributed by atoms with Crippen molar-refractivity contribution in [3.05, 3.63) is 130 Å². The number of fused-ring (bicyclic) bond motifs is 2. The van der Waals surface area contributed by atoms with Crippen molar-refractivity contribution < 1.29 is 29.5 Å². The summed E-state index contributed by atoms with van der Waals surface area (Å²) in [6.45, 7) is 1.76. The van der Waals surface area contributed by atoms with E-state index in [0.717, 1.165) is 59.0 Å². The number of rotatable bonds is 12. The van der Waals surface area contributed by atoms with Crippen molar-refractivity contribution in [3.8, 4) is 16.9 Å². The first kappa shape index (κ1) is 35.3. The number of pyridine rings is 1. The molecule has 6 aromatic rings. The first-order valence-corrected chi connectivity index (χ1v) is 15.4. The Bertz CT molecular complexity index is 2060. The molecule has 4 aromatic carbocycles. The number of unbranched alkanes of at least 4 members (excludes halogenated alkanes) is 1. The predicted molar refractivity (Wildman–Crippen MR) is 186 cm³/mol. The molecule has 0 bridgehead atoms. The van der Waals surface area contributed by atoms with Gasteiger partial charge in [-0.05, 0) is 83.3 Å². The minimum atomic E-state index is -1.08. The van der Waals surface area contributed by atoms with Gasteiger partial charge in [0.2, 0.25) is 5.56 Å². The van der Waals surface area contributed by atoms with Gasteiger partial charge in [-0.25, -0.2) is 4.79 Å². The van der Waals surface area contributed by atoms with E-state index in [2.05, 4.69) is 56.7 Å². The first-order valence-electron chi connectivity index (χ1n) is 15.4. The summed E-state index contributed by atoms with van der Waals surface area (Å²) in [5, 5.41) is 38.0. The molecule has 0 aliphatic heterocycles. The number of phenols is 1. The summed E-state index contributed by atoms with van der Waals surface area (Å²) in [6, 6.07) is 30.4. The van der Waals surface area contributed by atoms with Crippen molar-refractivity contribution in [1.29, 1.82) is 0 Å². The molecule has 9 nitrogen and oxygen atoms in total. The lowest BCUT2D eigenvalue weighted by Gasteiger charge is -2.15. The number of carboxylic acid groups (broad SMARTS) is 1. The molecule has 11 heteroatoms. The number of amides is 1. The van der Waals surface area contributed by atoms with Crippen LogP contribution < -0.4 is 16.2 Å². The number of aryl methyl sites for hydroxylation is 2. The fourth-order valence-electron chi connectivity index (χ4n) is 6.01. The number of benzene rings is 4. The van der Waals surface area contributed by atoms with Gasteiger partial charge in [-0.15, -0.1) is 0 Å². The van der Waals surface area contributed by atoms with Crippen molar-refractivity contribution in [2.24, 2.45) is 0 Å². The van der Waals surface area contributed by atoms with Crippen LogP contribution in [0.5, 0.6) is 5.75 Å². The number of carbonyl (C=O) groups is 1. The van der Waals surface area contributed by atoms with Crippen LogP contribution in [0.25, 0.3) is 32.9 Å². The van der Waals surface area contributed by atoms with E-state index in [4.69, 9.17) is 0 Å². The van der Waals surface area contributed by atoms with Crippen LogP contribution in [-0.4, -0.2) is 37.5 Å². The Labute approximate surface area is 275 Å². The standard InChI is InChI=1S/C37H36N4O5.2FH/c42-33-15-12-29(30-13-16-35(44)40-36(30)33)34(43)23-38-22-25-10-14-32-27(20-25)17-19-41(32)18-5-4-6-24-9-11-28(26-7-2-1-3-8-26)31(21-24)39-37(45)46;;/h1-3,7-17,19-21,34,38-39,42-43H,4-6,18,22-23H2,(H,40,44)(H,45,46);2*1H/t34-;;/m1../s1. The molecule has 1 amide bonds. The maximum atomic E-state index is 11.7. The maximum absolute atomic E-state index is 11.7. The molecule has 0 fully saturated rings. The number of aromatic hydroxyl groups is 1. The Morgan fingerprint density at radius 3 is 2.46 bits per heavy atom. The molecule has 0 radical (unpaired) electrons. The molecule has 2 heterocycles. The van der Waals surface area contributed by atoms with Crippen molar-refractivity contribution in [2.45, 2.75) is 38.5 Å². The summed E-state index contributed by atoms with van der Waals surface area (Å²) in [4.78, 5) is 25.7. The zero-order chi connectivity index (χ0) is 32.0. The number of anilines is 1. The number of phenolic OH excluding ortho intramolecular Hbond substituents is 1. The second-order valence-electron chi connectivity index (χ2n) is 11.5. The van der Waals surface area contributed by atoms with Gasteiger partial charge < -0.3 is 30.2 Å². The summed E-state index contributed by atoms with van der Waals surface area (Å²) in [6.07, 6.45) is 3.01. The van der Waals surface area contributed by atoms with Gasteiger partial charge >= 0.3 is 6.09 Å². The lowest BCUT2D eigenvalue weighted by atomic mass is 9.99. The maximum Gasteiger partial charge on any atom is 0.409 e. The first-order chi connectivity index (χ1) is 22.4. The summed E-state index contributed by atoms with van der Waals surface area (Å²) in [5.41, 5.74) is 6.42. The number of aliphatic hydroxyl groups is 1. The molecule has 0 spiro atoms. The molecular formula is C37H38F2N4O5. The average molecular weight is 657 g/mol. The lowest BCUT2D eigenvalue weighted by molar-refractivity contribution is 0.176. The molecule has 6 rings (SSSR count). The SMILES string of the molecule is F.F.O=C(O)Nc1cc(CCCCn2ccc3cc(CNC[C@@H](O)c4ccc(O)c5[nH]c(=O)ccc45)ccc32)ccc1-c1ccccc1. The predicted octanol–water partition coefficient (Wildman–Crippen LogP) is 7.10. The third-order valence-corrected chi connectivity index (χ3v) is 8.29. The van der Waals surface area contributed by atoms with Crippen LogP contribution in [0.1, 0.15) is 35.6 Å². The highest BCUT2D eigenvalue weighted by atomic mass is 19.0. The van der Waals surface area contributed by atoms with Gasteiger partial charge in [0.15, 0.2) is 0 Å². The normalized spacial score (nSPS) is 11.5. The van der Waals surface area contributed by atoms with E-state index in [-0.39, 0.29) is 20.7 Å². The van der Waals surface area contributed by atoms with Gasteiger partial charge in [-0.2, -0.15) is 0 Å². The zero-order valence-electron chi connectivity index (χ0n) is 26.1. The van der Waals surface area contributed by atoms with Crippen molar-refractivity contribution in [1.82, 2.24) is 14.9 Å². The molecule has 0 saturated carbocycles. The van der Waals surface area contributed by atoms with E-state index in [0.29, 0.717) is 35.2 Å². The van der Waals surface area contributed by atoms with E-state index in [9.17, 15) is 24.9 Å². The van der Waals surface area contributed by atoms with Crippen LogP contribution in [0.2, 0.25) is 0 Å². The van der Waals surface area contributed by atoms with Gasteiger partial charge in [0.05, 0.1) is 17.3 Å². The fraction of sp³-hybridized carbons (Fsp3) is 0.189. The molecule has 0 saturated heterocycles. The molecule has 1 atom stereocenters. The molecule has 6 N–H and O–H groups in total. The number of nitrogens with one attached hydrogen (secondary N) is 3. The largest absolute Gasteiger partial charge is 0.506 e. The molecule has 2 aromatic heterocycles.